The first-order valence-corrected chi connectivity index (χ1v) is 12.8. The van der Waals surface area contributed by atoms with Crippen LogP contribution in [-0.2, 0) is 15.8 Å². The van der Waals surface area contributed by atoms with Crippen LogP contribution in [0, 0.1) is 0 Å². The van der Waals surface area contributed by atoms with Crippen LogP contribution < -0.4 is 39.9 Å². The summed E-state index contributed by atoms with van der Waals surface area (Å²) in [7, 11) is 2.02. The van der Waals surface area contributed by atoms with Crippen LogP contribution in [0.25, 0.3) is 6.08 Å². The Bertz CT molecular complexity index is 1410. The van der Waals surface area contributed by atoms with E-state index in [4.69, 9.17) is 35.2 Å². The second kappa shape index (κ2) is 12.1. The molecule has 0 atom stereocenters. The number of hydrogen-bond donors (Lipinski definition) is 3. The summed E-state index contributed by atoms with van der Waals surface area (Å²) in [6.45, 7) is 0. The molecule has 0 spiro atoms. The first-order valence-electron chi connectivity index (χ1n) is 11.1. The predicted octanol–water partition coefficient (Wildman–Crippen LogP) is 3.19. The third-order valence-corrected chi connectivity index (χ3v) is 6.46. The van der Waals surface area contributed by atoms with E-state index in [9.17, 15) is 13.2 Å². The number of sulfonamides is 1. The summed E-state index contributed by atoms with van der Waals surface area (Å²) in [5.41, 5.74) is 13.1. The minimum absolute atomic E-state index is 0.0365. The lowest BCUT2D eigenvalue weighted by atomic mass is 10.1. The van der Waals surface area contributed by atoms with Gasteiger partial charge in [-0.3, -0.25) is 4.72 Å². The molecule has 0 amide bonds. The molecule has 0 aliphatic heterocycles. The normalized spacial score (nSPS) is 11.2. The highest BCUT2D eigenvalue weighted by Crippen LogP contribution is 2.35. The van der Waals surface area contributed by atoms with Gasteiger partial charge in [0, 0.05) is 29.7 Å². The molecule has 38 heavy (non-hydrogen) atoms. The van der Waals surface area contributed by atoms with Crippen LogP contribution in [0.3, 0.4) is 0 Å². The number of nitrogens with two attached hydrogens (primary N) is 2. The molecule has 0 fully saturated rings. The number of esters is 1. The average Bonchev–Trinajstić information content (AvgIpc) is 2.87. The van der Waals surface area contributed by atoms with Gasteiger partial charge in [-0.05, 0) is 42.0 Å². The highest BCUT2D eigenvalue weighted by Gasteiger charge is 2.17. The molecule has 202 valence electrons. The predicted molar refractivity (Wildman–Crippen MR) is 144 cm³/mol. The average molecular weight is 544 g/mol. The molecule has 11 nitrogen and oxygen atoms in total. The molecule has 3 rings (SSSR count). The fourth-order valence-electron chi connectivity index (χ4n) is 3.52. The van der Waals surface area contributed by atoms with Gasteiger partial charge in [0.2, 0.25) is 10.0 Å². The summed E-state index contributed by atoms with van der Waals surface area (Å²) in [4.78, 5) is 12.6. The molecule has 12 heteroatoms. The van der Waals surface area contributed by atoms with Crippen LogP contribution in [0.2, 0.25) is 0 Å². The molecule has 0 saturated carbocycles. The fourth-order valence-corrected chi connectivity index (χ4v) is 4.50. The molecule has 0 bridgehead atoms. The fraction of sp³-hybridized carbons (Fsp3) is 0.192. The molecule has 0 unspecified atom stereocenters. The second-order valence-electron chi connectivity index (χ2n) is 7.92. The Morgan fingerprint density at radius 2 is 1.42 bits per heavy atom. The van der Waals surface area contributed by atoms with Gasteiger partial charge in [-0.25, -0.2) is 13.2 Å². The summed E-state index contributed by atoms with van der Waals surface area (Å²) in [5, 5.41) is 0. The van der Waals surface area contributed by atoms with E-state index in [-0.39, 0.29) is 17.1 Å². The third-order valence-electron chi connectivity index (χ3n) is 5.25. The number of nitrogen functional groups attached to an aromatic ring is 2. The molecule has 5 N–H and O–H groups in total. The minimum atomic E-state index is -3.84. The van der Waals surface area contributed by atoms with Gasteiger partial charge < -0.3 is 35.2 Å². The second-order valence-corrected chi connectivity index (χ2v) is 9.67. The number of carbonyl (C=O) groups excluding carboxylic acids is 1. The maximum atomic E-state index is 12.8. The van der Waals surface area contributed by atoms with E-state index in [0.717, 1.165) is 0 Å². The van der Waals surface area contributed by atoms with E-state index in [0.29, 0.717) is 39.8 Å². The molecular weight excluding hydrogens is 514 g/mol. The SMILES string of the molecule is COc1cc(OC)c(/C=C/NS(=O)(=O)Cc2ccc(OC)c(OC(=O)c3cc(N)cc(N)c3)c2)c(OC)c1. The first-order chi connectivity index (χ1) is 18.1. The van der Waals surface area contributed by atoms with E-state index in [1.165, 1.54) is 71.0 Å². The van der Waals surface area contributed by atoms with Gasteiger partial charge in [-0.1, -0.05) is 6.07 Å². The lowest BCUT2D eigenvalue weighted by molar-refractivity contribution is 0.0729. The van der Waals surface area contributed by atoms with Crippen LogP contribution >= 0.6 is 0 Å². The zero-order chi connectivity index (χ0) is 27.9. The highest BCUT2D eigenvalue weighted by molar-refractivity contribution is 7.88. The van der Waals surface area contributed by atoms with Gasteiger partial charge in [-0.15, -0.1) is 0 Å². The molecule has 0 heterocycles. The third kappa shape index (κ3) is 7.01. The standard InChI is InChI=1S/C26H29N3O8S/c1-33-20-13-23(35-3)21(24(14-20)36-4)7-8-29-38(31,32)15-16-5-6-22(34-2)25(9-16)37-26(30)17-10-18(27)12-19(28)11-17/h5-14,29H,15,27-28H2,1-4H3/b8-7+. The molecular formula is C26H29N3O8S. The maximum absolute atomic E-state index is 12.8. The molecule has 0 radical (unpaired) electrons. The number of nitrogens with one attached hydrogen (secondary N) is 1. The van der Waals surface area contributed by atoms with E-state index < -0.39 is 21.7 Å². The van der Waals surface area contributed by atoms with Crippen molar-refractivity contribution < 1.29 is 36.9 Å². The number of hydrogen-bond acceptors (Lipinski definition) is 10. The Balaban J connectivity index is 1.78. The summed E-state index contributed by atoms with van der Waals surface area (Å²) >= 11 is 0. The molecule has 3 aromatic carbocycles. The van der Waals surface area contributed by atoms with Crippen LogP contribution in [0.15, 0.2) is 54.7 Å². The van der Waals surface area contributed by atoms with Crippen molar-refractivity contribution in [2.75, 3.05) is 39.9 Å². The van der Waals surface area contributed by atoms with Crippen LogP contribution in [0.4, 0.5) is 11.4 Å². The molecule has 0 aliphatic carbocycles. The molecule has 3 aromatic rings. The zero-order valence-electron chi connectivity index (χ0n) is 21.3. The van der Waals surface area contributed by atoms with E-state index in [1.807, 2.05) is 0 Å². The van der Waals surface area contributed by atoms with Gasteiger partial charge in [0.05, 0.1) is 45.3 Å². The summed E-state index contributed by atoms with van der Waals surface area (Å²) < 4.78 is 54.6. The van der Waals surface area contributed by atoms with Gasteiger partial charge in [0.15, 0.2) is 11.5 Å². The monoisotopic (exact) mass is 543 g/mol. The largest absolute Gasteiger partial charge is 0.496 e. The minimum Gasteiger partial charge on any atom is -0.496 e. The van der Waals surface area contributed by atoms with Gasteiger partial charge in [0.25, 0.3) is 0 Å². The Labute approximate surface area is 220 Å². The van der Waals surface area contributed by atoms with Crippen molar-refractivity contribution in [3.8, 4) is 28.7 Å². The van der Waals surface area contributed by atoms with Crippen molar-refractivity contribution in [2.45, 2.75) is 5.75 Å². The van der Waals surface area contributed by atoms with Crippen molar-refractivity contribution in [1.29, 1.82) is 0 Å². The Hall–Kier alpha value is -4.58. The van der Waals surface area contributed by atoms with Gasteiger partial charge in [0.1, 0.15) is 17.2 Å². The first kappa shape index (κ1) is 28.0. The Morgan fingerprint density at radius 1 is 0.816 bits per heavy atom. The lowest BCUT2D eigenvalue weighted by Crippen LogP contribution is -2.19. The number of methoxy groups -OCH3 is 4. The van der Waals surface area contributed by atoms with Crippen molar-refractivity contribution in [1.82, 2.24) is 4.72 Å². The summed E-state index contributed by atoms with van der Waals surface area (Å²) in [5.74, 6) is 0.517. The number of carbonyl (C=O) groups is 1. The van der Waals surface area contributed by atoms with Crippen molar-refractivity contribution >= 4 is 33.4 Å². The van der Waals surface area contributed by atoms with Crippen LogP contribution in [0.1, 0.15) is 21.5 Å². The van der Waals surface area contributed by atoms with Gasteiger partial charge in [-0.2, -0.15) is 0 Å². The van der Waals surface area contributed by atoms with E-state index in [2.05, 4.69) is 4.72 Å². The quantitative estimate of drug-likeness (QED) is 0.186. The molecule has 0 aromatic heterocycles. The van der Waals surface area contributed by atoms with Crippen LogP contribution in [-0.4, -0.2) is 42.8 Å². The van der Waals surface area contributed by atoms with Gasteiger partial charge >= 0.3 is 5.97 Å². The number of benzene rings is 3. The number of rotatable bonds is 11. The smallest absolute Gasteiger partial charge is 0.343 e. The van der Waals surface area contributed by atoms with E-state index in [1.54, 1.807) is 18.2 Å². The lowest BCUT2D eigenvalue weighted by Gasteiger charge is -2.13. The van der Waals surface area contributed by atoms with Crippen molar-refractivity contribution in [3.05, 3.63) is 71.4 Å². The number of ether oxygens (including phenoxy) is 5. The van der Waals surface area contributed by atoms with Crippen molar-refractivity contribution in [3.63, 3.8) is 0 Å². The summed E-state index contributed by atoms with van der Waals surface area (Å²) in [6, 6.07) is 12.1. The van der Waals surface area contributed by atoms with Crippen molar-refractivity contribution in [2.24, 2.45) is 0 Å². The van der Waals surface area contributed by atoms with E-state index >= 15 is 0 Å². The maximum Gasteiger partial charge on any atom is 0.343 e. The molecule has 0 aliphatic rings. The Morgan fingerprint density at radius 3 is 1.97 bits per heavy atom. The topological polar surface area (TPSA) is 161 Å². The molecule has 0 saturated heterocycles. The Kier molecular flexibility index (Phi) is 8.92. The number of anilines is 2. The van der Waals surface area contributed by atoms with Crippen LogP contribution in [0.5, 0.6) is 28.7 Å². The zero-order valence-corrected chi connectivity index (χ0v) is 22.1. The highest BCUT2D eigenvalue weighted by atomic mass is 32.2. The summed E-state index contributed by atoms with van der Waals surface area (Å²) in [6.07, 6.45) is 2.77.